The Labute approximate surface area is 109 Å². The molecule has 1 atom stereocenters. The van der Waals surface area contributed by atoms with Crippen LogP contribution < -0.4 is 5.32 Å². The summed E-state index contributed by atoms with van der Waals surface area (Å²) in [4.78, 5) is 16.4. The molecule has 1 N–H and O–H groups in total. The van der Waals surface area contributed by atoms with E-state index in [0.717, 1.165) is 52.4 Å². The number of ether oxygens (including phenoxy) is 1. The van der Waals surface area contributed by atoms with E-state index in [1.165, 1.54) is 6.42 Å². The van der Waals surface area contributed by atoms with Crippen LogP contribution in [0.5, 0.6) is 0 Å². The Bertz CT molecular complexity index is 267. The number of likely N-dealkylation sites (N-methyl/N-ethyl adjacent to an activating group) is 1. The number of piperidine rings is 1. The number of nitrogens with zero attached hydrogens (tertiary/aromatic N) is 2. The van der Waals surface area contributed by atoms with Gasteiger partial charge < -0.3 is 15.0 Å². The average Bonchev–Trinajstić information content (AvgIpc) is 2.40. The van der Waals surface area contributed by atoms with Gasteiger partial charge in [0.2, 0.25) is 5.91 Å². The molecular formula is C13H25N3O2. The first-order chi connectivity index (χ1) is 8.79. The number of amides is 1. The summed E-state index contributed by atoms with van der Waals surface area (Å²) in [5, 5.41) is 2.94. The number of hydrogen-bond donors (Lipinski definition) is 1. The molecule has 0 aromatic heterocycles. The van der Waals surface area contributed by atoms with E-state index >= 15 is 0 Å². The van der Waals surface area contributed by atoms with E-state index in [-0.39, 0.29) is 5.91 Å². The first-order valence-corrected chi connectivity index (χ1v) is 7.02. The second-order valence-corrected chi connectivity index (χ2v) is 5.29. The molecule has 0 aliphatic carbocycles. The highest BCUT2D eigenvalue weighted by molar-refractivity contribution is 5.78. The summed E-state index contributed by atoms with van der Waals surface area (Å²) in [7, 11) is 1.83. The van der Waals surface area contributed by atoms with Gasteiger partial charge in [-0.05, 0) is 25.8 Å². The molecule has 18 heavy (non-hydrogen) atoms. The largest absolute Gasteiger partial charge is 0.379 e. The van der Waals surface area contributed by atoms with Crippen LogP contribution >= 0.6 is 0 Å². The standard InChI is InChI=1S/C13H25N3O2/c1-14-9-13(17)16-4-2-3-12(11-16)10-15-5-7-18-8-6-15/h12,14H,2-11H2,1H3. The predicted octanol–water partition coefficient (Wildman–Crippen LogP) is -0.223. The SMILES string of the molecule is CNCC(=O)N1CCCC(CN2CCOCC2)C1. The van der Waals surface area contributed by atoms with E-state index in [2.05, 4.69) is 10.2 Å². The summed E-state index contributed by atoms with van der Waals surface area (Å²) in [5.41, 5.74) is 0. The van der Waals surface area contributed by atoms with Gasteiger partial charge in [-0.25, -0.2) is 0 Å². The van der Waals surface area contributed by atoms with Crippen LogP contribution in [0.2, 0.25) is 0 Å². The Morgan fingerprint density at radius 1 is 1.33 bits per heavy atom. The first-order valence-electron chi connectivity index (χ1n) is 7.02. The van der Waals surface area contributed by atoms with E-state index in [9.17, 15) is 4.79 Å². The van der Waals surface area contributed by atoms with Crippen molar-refractivity contribution in [3.63, 3.8) is 0 Å². The predicted molar refractivity (Wildman–Crippen MR) is 70.5 cm³/mol. The molecule has 0 spiro atoms. The van der Waals surface area contributed by atoms with Crippen LogP contribution in [0.1, 0.15) is 12.8 Å². The van der Waals surface area contributed by atoms with Crippen molar-refractivity contribution in [1.29, 1.82) is 0 Å². The normalized spacial score (nSPS) is 26.3. The molecule has 2 aliphatic heterocycles. The molecule has 1 unspecified atom stereocenters. The average molecular weight is 255 g/mol. The van der Waals surface area contributed by atoms with Crippen molar-refractivity contribution >= 4 is 5.91 Å². The Morgan fingerprint density at radius 3 is 2.83 bits per heavy atom. The highest BCUT2D eigenvalue weighted by Crippen LogP contribution is 2.18. The lowest BCUT2D eigenvalue weighted by molar-refractivity contribution is -0.132. The van der Waals surface area contributed by atoms with E-state index in [1.807, 2.05) is 11.9 Å². The molecular weight excluding hydrogens is 230 g/mol. The van der Waals surface area contributed by atoms with Crippen molar-refractivity contribution in [2.75, 3.05) is 59.5 Å². The van der Waals surface area contributed by atoms with E-state index in [0.29, 0.717) is 12.5 Å². The van der Waals surface area contributed by atoms with Gasteiger partial charge in [-0.2, -0.15) is 0 Å². The maximum atomic E-state index is 11.9. The first kappa shape index (κ1) is 13.8. The van der Waals surface area contributed by atoms with Gasteiger partial charge in [0.15, 0.2) is 0 Å². The lowest BCUT2D eigenvalue weighted by atomic mass is 9.97. The number of hydrogen-bond acceptors (Lipinski definition) is 4. The topological polar surface area (TPSA) is 44.8 Å². The van der Waals surface area contributed by atoms with Gasteiger partial charge in [-0.1, -0.05) is 0 Å². The number of carbonyl (C=O) groups is 1. The minimum atomic E-state index is 0.240. The van der Waals surface area contributed by atoms with Crippen LogP contribution in [0, 0.1) is 5.92 Å². The van der Waals surface area contributed by atoms with Gasteiger partial charge in [0.05, 0.1) is 19.8 Å². The van der Waals surface area contributed by atoms with E-state index < -0.39 is 0 Å². The van der Waals surface area contributed by atoms with Crippen molar-refractivity contribution in [1.82, 2.24) is 15.1 Å². The second-order valence-electron chi connectivity index (χ2n) is 5.29. The molecule has 5 heteroatoms. The van der Waals surface area contributed by atoms with E-state index in [1.54, 1.807) is 0 Å². The van der Waals surface area contributed by atoms with Gasteiger partial charge >= 0.3 is 0 Å². The van der Waals surface area contributed by atoms with Crippen LogP contribution in [0.4, 0.5) is 0 Å². The Hall–Kier alpha value is -0.650. The van der Waals surface area contributed by atoms with Gasteiger partial charge in [0.1, 0.15) is 0 Å². The zero-order valence-corrected chi connectivity index (χ0v) is 11.4. The minimum Gasteiger partial charge on any atom is -0.379 e. The number of nitrogens with one attached hydrogen (secondary N) is 1. The molecule has 0 aromatic rings. The quantitative estimate of drug-likeness (QED) is 0.754. The highest BCUT2D eigenvalue weighted by atomic mass is 16.5. The van der Waals surface area contributed by atoms with Gasteiger partial charge in [-0.15, -0.1) is 0 Å². The zero-order valence-electron chi connectivity index (χ0n) is 11.4. The summed E-state index contributed by atoms with van der Waals surface area (Å²) in [5.74, 6) is 0.877. The number of rotatable bonds is 4. The maximum Gasteiger partial charge on any atom is 0.236 e. The van der Waals surface area contributed by atoms with Crippen LogP contribution in [0.25, 0.3) is 0 Å². The van der Waals surface area contributed by atoms with Gasteiger partial charge in [0.25, 0.3) is 0 Å². The lowest BCUT2D eigenvalue weighted by Crippen LogP contribution is -2.47. The molecule has 2 heterocycles. The van der Waals surface area contributed by atoms with Gasteiger partial charge in [-0.3, -0.25) is 9.69 Å². The fraction of sp³-hybridized carbons (Fsp3) is 0.923. The van der Waals surface area contributed by atoms with Crippen molar-refractivity contribution < 1.29 is 9.53 Å². The molecule has 0 aromatic carbocycles. The summed E-state index contributed by atoms with van der Waals surface area (Å²) in [6.45, 7) is 7.24. The molecule has 2 aliphatic rings. The summed E-state index contributed by atoms with van der Waals surface area (Å²) in [6.07, 6.45) is 2.39. The third kappa shape index (κ3) is 3.93. The lowest BCUT2D eigenvalue weighted by Gasteiger charge is -2.36. The third-order valence-corrected chi connectivity index (χ3v) is 3.82. The molecule has 104 valence electrons. The molecule has 2 fully saturated rings. The zero-order chi connectivity index (χ0) is 12.8. The van der Waals surface area contributed by atoms with Crippen molar-refractivity contribution in [3.05, 3.63) is 0 Å². The Balaban J connectivity index is 1.77. The smallest absolute Gasteiger partial charge is 0.236 e. The summed E-state index contributed by atoms with van der Waals surface area (Å²) >= 11 is 0. The molecule has 2 saturated heterocycles. The molecule has 0 saturated carbocycles. The molecule has 0 radical (unpaired) electrons. The third-order valence-electron chi connectivity index (χ3n) is 3.82. The number of likely N-dealkylation sites (tertiary alicyclic amines) is 1. The fourth-order valence-electron chi connectivity index (χ4n) is 2.85. The maximum absolute atomic E-state index is 11.9. The van der Waals surface area contributed by atoms with Crippen molar-refractivity contribution in [2.45, 2.75) is 12.8 Å². The Morgan fingerprint density at radius 2 is 2.11 bits per heavy atom. The molecule has 5 nitrogen and oxygen atoms in total. The number of carbonyl (C=O) groups excluding carboxylic acids is 1. The molecule has 0 bridgehead atoms. The molecule has 2 rings (SSSR count). The number of morpholine rings is 1. The second kappa shape index (κ2) is 7.07. The molecule has 1 amide bonds. The monoisotopic (exact) mass is 255 g/mol. The fourth-order valence-corrected chi connectivity index (χ4v) is 2.85. The summed E-state index contributed by atoms with van der Waals surface area (Å²) in [6, 6.07) is 0. The van der Waals surface area contributed by atoms with Crippen LogP contribution in [-0.2, 0) is 9.53 Å². The summed E-state index contributed by atoms with van der Waals surface area (Å²) < 4.78 is 5.37. The van der Waals surface area contributed by atoms with Crippen LogP contribution in [-0.4, -0.2) is 75.2 Å². The van der Waals surface area contributed by atoms with Crippen LogP contribution in [0.15, 0.2) is 0 Å². The van der Waals surface area contributed by atoms with Crippen LogP contribution in [0.3, 0.4) is 0 Å². The van der Waals surface area contributed by atoms with Gasteiger partial charge in [0, 0.05) is 32.7 Å². The van der Waals surface area contributed by atoms with Crippen molar-refractivity contribution in [2.24, 2.45) is 5.92 Å². The van der Waals surface area contributed by atoms with Crippen molar-refractivity contribution in [3.8, 4) is 0 Å². The Kier molecular flexibility index (Phi) is 5.41. The highest BCUT2D eigenvalue weighted by Gasteiger charge is 2.25. The van der Waals surface area contributed by atoms with E-state index in [4.69, 9.17) is 4.74 Å². The minimum absolute atomic E-state index is 0.240.